The molecule has 52 valence electrons. The first-order valence-electron chi connectivity index (χ1n) is 3.35. The van der Waals surface area contributed by atoms with E-state index in [9.17, 15) is 0 Å². The minimum Gasteiger partial charge on any atom is -0.381 e. The molecule has 1 aliphatic rings. The minimum atomic E-state index is 0.449. The van der Waals surface area contributed by atoms with Gasteiger partial charge in [0.1, 0.15) is 0 Å². The summed E-state index contributed by atoms with van der Waals surface area (Å²) in [5.41, 5.74) is 0. The van der Waals surface area contributed by atoms with Crippen LogP contribution in [0.4, 0.5) is 0 Å². The van der Waals surface area contributed by atoms with E-state index in [1.54, 1.807) is 7.11 Å². The number of ether oxygens (including phenoxy) is 1. The van der Waals surface area contributed by atoms with Crippen molar-refractivity contribution < 1.29 is 4.74 Å². The van der Waals surface area contributed by atoms with Crippen LogP contribution < -0.4 is 0 Å². The number of methoxy groups -OCH3 is 1. The van der Waals surface area contributed by atoms with Gasteiger partial charge in [-0.15, -0.1) is 0 Å². The maximum Gasteiger partial charge on any atom is 0.0595 e. The quantitative estimate of drug-likeness (QED) is 0.515. The van der Waals surface area contributed by atoms with Crippen molar-refractivity contribution in [1.82, 2.24) is 4.90 Å². The standard InChI is InChI=1S/C7H13NO/c1-8-5-3-7(9-2)4-6-8/h1,7H,3-6H2,2H3. The Morgan fingerprint density at radius 3 is 2.44 bits per heavy atom. The fourth-order valence-electron chi connectivity index (χ4n) is 1.11. The van der Waals surface area contributed by atoms with Gasteiger partial charge in [0.15, 0.2) is 0 Å². The lowest BCUT2D eigenvalue weighted by Gasteiger charge is -2.27. The summed E-state index contributed by atoms with van der Waals surface area (Å²) in [5, 5.41) is 0. The van der Waals surface area contributed by atoms with E-state index in [0.717, 1.165) is 25.9 Å². The number of piperidine rings is 1. The van der Waals surface area contributed by atoms with E-state index in [0.29, 0.717) is 6.10 Å². The highest BCUT2D eigenvalue weighted by Crippen LogP contribution is 2.10. The zero-order chi connectivity index (χ0) is 6.69. The van der Waals surface area contributed by atoms with Gasteiger partial charge in [0.05, 0.1) is 6.10 Å². The molecule has 0 aromatic heterocycles. The van der Waals surface area contributed by atoms with Crippen LogP contribution in [0.25, 0.3) is 0 Å². The molecule has 1 heterocycles. The first-order valence-corrected chi connectivity index (χ1v) is 3.35. The summed E-state index contributed by atoms with van der Waals surface area (Å²) in [6.07, 6.45) is 2.60. The van der Waals surface area contributed by atoms with Crippen LogP contribution in [0.1, 0.15) is 12.8 Å². The summed E-state index contributed by atoms with van der Waals surface area (Å²) >= 11 is 0. The van der Waals surface area contributed by atoms with E-state index in [2.05, 4.69) is 0 Å². The molecular formula is C7H13NO. The Morgan fingerprint density at radius 2 is 2.00 bits per heavy atom. The molecule has 2 heteroatoms. The third-order valence-corrected chi connectivity index (χ3v) is 1.81. The van der Waals surface area contributed by atoms with Crippen molar-refractivity contribution in [1.29, 1.82) is 0 Å². The van der Waals surface area contributed by atoms with Gasteiger partial charge in [0.2, 0.25) is 0 Å². The summed E-state index contributed by atoms with van der Waals surface area (Å²) in [7, 11) is 7.29. The topological polar surface area (TPSA) is 12.5 Å². The molecule has 1 fully saturated rings. The highest BCUT2D eigenvalue weighted by molar-refractivity contribution is 4.70. The summed E-state index contributed by atoms with van der Waals surface area (Å²) in [4.78, 5) is 1.84. The maximum atomic E-state index is 5.53. The predicted molar refractivity (Wildman–Crippen MR) is 35.9 cm³/mol. The highest BCUT2D eigenvalue weighted by Gasteiger charge is 2.14. The van der Waals surface area contributed by atoms with E-state index in [1.807, 2.05) is 4.90 Å². The second-order valence-corrected chi connectivity index (χ2v) is 2.47. The van der Waals surface area contributed by atoms with Crippen LogP contribution in [0.15, 0.2) is 0 Å². The fourth-order valence-corrected chi connectivity index (χ4v) is 1.11. The van der Waals surface area contributed by atoms with Gasteiger partial charge in [-0.05, 0) is 12.8 Å². The average Bonchev–Trinajstić information content (AvgIpc) is 1.90. The first kappa shape index (κ1) is 7.03. The SMILES string of the molecule is [CH]N1CCC(OC)CC1. The number of rotatable bonds is 1. The molecule has 0 aliphatic carbocycles. The minimum absolute atomic E-state index is 0.449. The summed E-state index contributed by atoms with van der Waals surface area (Å²) in [5.74, 6) is 0. The first-order chi connectivity index (χ1) is 4.33. The van der Waals surface area contributed by atoms with Crippen molar-refractivity contribution in [2.45, 2.75) is 18.9 Å². The van der Waals surface area contributed by atoms with E-state index >= 15 is 0 Å². The van der Waals surface area contributed by atoms with E-state index in [4.69, 9.17) is 11.8 Å². The largest absolute Gasteiger partial charge is 0.381 e. The molecule has 0 saturated carbocycles. The van der Waals surface area contributed by atoms with Gasteiger partial charge < -0.3 is 4.74 Å². The summed E-state index contributed by atoms with van der Waals surface area (Å²) < 4.78 is 5.16. The van der Waals surface area contributed by atoms with Crippen LogP contribution in [0.5, 0.6) is 0 Å². The lowest BCUT2D eigenvalue weighted by atomic mass is 10.1. The second kappa shape index (κ2) is 3.18. The van der Waals surface area contributed by atoms with Gasteiger partial charge in [-0.3, -0.25) is 4.90 Å². The van der Waals surface area contributed by atoms with Crippen molar-refractivity contribution in [3.05, 3.63) is 7.05 Å². The zero-order valence-electron chi connectivity index (χ0n) is 5.84. The normalized spacial score (nSPS) is 24.7. The van der Waals surface area contributed by atoms with Crippen molar-refractivity contribution in [3.63, 3.8) is 0 Å². The Morgan fingerprint density at radius 1 is 1.44 bits per heavy atom. The van der Waals surface area contributed by atoms with Crippen LogP contribution in [0.2, 0.25) is 0 Å². The van der Waals surface area contributed by atoms with Crippen LogP contribution in [0.3, 0.4) is 0 Å². The van der Waals surface area contributed by atoms with Crippen molar-refractivity contribution in [2.75, 3.05) is 20.2 Å². The van der Waals surface area contributed by atoms with E-state index < -0.39 is 0 Å². The summed E-state index contributed by atoms with van der Waals surface area (Å²) in [6.45, 7) is 1.94. The van der Waals surface area contributed by atoms with Crippen molar-refractivity contribution in [2.24, 2.45) is 0 Å². The monoisotopic (exact) mass is 127 g/mol. The van der Waals surface area contributed by atoms with Crippen molar-refractivity contribution >= 4 is 0 Å². The van der Waals surface area contributed by atoms with E-state index in [1.165, 1.54) is 0 Å². The Labute approximate surface area is 56.8 Å². The molecule has 2 nitrogen and oxygen atoms in total. The Hall–Kier alpha value is -0.0800. The lowest BCUT2D eigenvalue weighted by Crippen LogP contribution is -2.32. The molecule has 0 spiro atoms. The third-order valence-electron chi connectivity index (χ3n) is 1.81. The van der Waals surface area contributed by atoms with Gasteiger partial charge in [-0.25, -0.2) is 0 Å². The van der Waals surface area contributed by atoms with Crippen LogP contribution >= 0.6 is 0 Å². The predicted octanol–water partition coefficient (Wildman–Crippen LogP) is 0.766. The van der Waals surface area contributed by atoms with Gasteiger partial charge in [-0.2, -0.15) is 0 Å². The van der Waals surface area contributed by atoms with Crippen LogP contribution in [-0.2, 0) is 4.74 Å². The molecule has 0 aromatic carbocycles. The number of nitrogens with zero attached hydrogens (tertiary/aromatic N) is 1. The molecule has 0 bridgehead atoms. The van der Waals surface area contributed by atoms with E-state index in [-0.39, 0.29) is 0 Å². The molecule has 1 rings (SSSR count). The number of hydrogen-bond acceptors (Lipinski definition) is 2. The molecule has 9 heavy (non-hydrogen) atoms. The molecular weight excluding hydrogens is 114 g/mol. The van der Waals surface area contributed by atoms with Gasteiger partial charge in [-0.1, -0.05) is 0 Å². The fraction of sp³-hybridized carbons (Fsp3) is 0.857. The average molecular weight is 127 g/mol. The molecule has 2 radical (unpaired) electrons. The Kier molecular flexibility index (Phi) is 2.49. The molecule has 1 aliphatic heterocycles. The third kappa shape index (κ3) is 1.95. The summed E-state index contributed by atoms with van der Waals surface area (Å²) in [6, 6.07) is 0. The maximum absolute atomic E-state index is 5.53. The van der Waals surface area contributed by atoms with Gasteiger partial charge in [0.25, 0.3) is 0 Å². The van der Waals surface area contributed by atoms with Crippen LogP contribution in [-0.4, -0.2) is 31.2 Å². The molecule has 0 amide bonds. The molecule has 0 N–H and O–H groups in total. The highest BCUT2D eigenvalue weighted by atomic mass is 16.5. The van der Waals surface area contributed by atoms with Crippen molar-refractivity contribution in [3.8, 4) is 0 Å². The molecule has 0 atom stereocenters. The van der Waals surface area contributed by atoms with Gasteiger partial charge in [0, 0.05) is 27.2 Å². The smallest absolute Gasteiger partial charge is 0.0595 e. The lowest BCUT2D eigenvalue weighted by molar-refractivity contribution is 0.0526. The Bertz CT molecular complexity index is 77.0. The molecule has 1 saturated heterocycles. The Balaban J connectivity index is 2.18. The van der Waals surface area contributed by atoms with Gasteiger partial charge >= 0.3 is 0 Å². The number of likely N-dealkylation sites (tertiary alicyclic amines) is 1. The number of hydrogen-bond donors (Lipinski definition) is 0. The molecule has 0 aromatic rings. The zero-order valence-corrected chi connectivity index (χ0v) is 5.84. The second-order valence-electron chi connectivity index (χ2n) is 2.47. The molecule has 0 unspecified atom stereocenters. The van der Waals surface area contributed by atoms with Crippen LogP contribution in [0, 0.1) is 7.05 Å².